The number of ether oxygens (including phenoxy) is 2. The molecule has 2 heterocycles. The average molecular weight is 605 g/mol. The van der Waals surface area contributed by atoms with Gasteiger partial charge in [0.25, 0.3) is 0 Å². The maximum atomic E-state index is 13.3. The lowest BCUT2D eigenvalue weighted by Crippen LogP contribution is -2.47. The van der Waals surface area contributed by atoms with Crippen LogP contribution in [0.4, 0.5) is 0 Å². The summed E-state index contributed by atoms with van der Waals surface area (Å²) in [5.41, 5.74) is -0.394. The lowest BCUT2D eigenvalue weighted by Gasteiger charge is -2.38. The molecular formula is C29H36N2O8S2. The number of nitrogens with zero attached hydrogens (tertiary/aromatic N) is 1. The molecule has 1 spiro atoms. The first-order valence-corrected chi connectivity index (χ1v) is 16.8. The van der Waals surface area contributed by atoms with Crippen LogP contribution in [0.1, 0.15) is 19.3 Å². The van der Waals surface area contributed by atoms with Gasteiger partial charge in [-0.05, 0) is 60.4 Å². The van der Waals surface area contributed by atoms with Gasteiger partial charge >= 0.3 is 0 Å². The van der Waals surface area contributed by atoms with Gasteiger partial charge < -0.3 is 25.0 Å². The van der Waals surface area contributed by atoms with Gasteiger partial charge in [-0.3, -0.25) is 0 Å². The highest BCUT2D eigenvalue weighted by Crippen LogP contribution is 2.37. The number of hydrogen-bond acceptors (Lipinski definition) is 9. The maximum absolute atomic E-state index is 13.3. The molecule has 12 heteroatoms. The van der Waals surface area contributed by atoms with Crippen LogP contribution in [-0.2, 0) is 24.6 Å². The number of fused-ring (bicyclic) bond motifs is 1. The Balaban J connectivity index is 1.09. The van der Waals surface area contributed by atoms with Crippen molar-refractivity contribution in [2.24, 2.45) is 0 Å². The fraction of sp³-hybridized carbons (Fsp3) is 0.448. The molecule has 0 bridgehead atoms. The lowest BCUT2D eigenvalue weighted by atomic mass is 9.88. The molecule has 0 saturated carbocycles. The zero-order valence-corrected chi connectivity index (χ0v) is 24.3. The third kappa shape index (κ3) is 6.91. The van der Waals surface area contributed by atoms with Crippen molar-refractivity contribution >= 4 is 30.6 Å². The van der Waals surface area contributed by atoms with Crippen LogP contribution in [0.2, 0.25) is 0 Å². The largest absolute Gasteiger partial charge is 0.491 e. The molecule has 2 saturated heterocycles. The second-order valence-corrected chi connectivity index (χ2v) is 14.7. The summed E-state index contributed by atoms with van der Waals surface area (Å²) in [6.07, 6.45) is 1.08. The van der Waals surface area contributed by atoms with Crippen LogP contribution in [0.3, 0.4) is 0 Å². The second-order valence-electron chi connectivity index (χ2n) is 10.7. The molecule has 2 atom stereocenters. The van der Waals surface area contributed by atoms with Crippen molar-refractivity contribution < 1.29 is 36.5 Å². The van der Waals surface area contributed by atoms with Gasteiger partial charge in [-0.1, -0.05) is 36.4 Å². The summed E-state index contributed by atoms with van der Waals surface area (Å²) in [5.74, 6) is -0.0525. The Kier molecular flexibility index (Phi) is 9.00. The van der Waals surface area contributed by atoms with Crippen LogP contribution in [-0.4, -0.2) is 94.3 Å². The molecule has 2 unspecified atom stereocenters. The Morgan fingerprint density at radius 2 is 1.73 bits per heavy atom. The molecule has 10 nitrogen and oxygen atoms in total. The van der Waals surface area contributed by atoms with Crippen LogP contribution >= 0.6 is 0 Å². The summed E-state index contributed by atoms with van der Waals surface area (Å²) in [5, 5.41) is 24.6. The Hall–Kier alpha value is -2.58. The van der Waals surface area contributed by atoms with Gasteiger partial charge in [0.2, 0.25) is 10.0 Å². The van der Waals surface area contributed by atoms with E-state index in [1.165, 1.54) is 16.4 Å². The number of piperidine rings is 1. The van der Waals surface area contributed by atoms with Crippen LogP contribution in [0.5, 0.6) is 5.75 Å². The fourth-order valence-corrected chi connectivity index (χ4v) is 8.02. The van der Waals surface area contributed by atoms with Gasteiger partial charge in [0.1, 0.15) is 18.5 Å². The monoisotopic (exact) mass is 604 g/mol. The fourth-order valence-electron chi connectivity index (χ4n) is 5.48. The van der Waals surface area contributed by atoms with Gasteiger partial charge in [0, 0.05) is 25.7 Å². The van der Waals surface area contributed by atoms with E-state index in [2.05, 4.69) is 5.32 Å². The quantitative estimate of drug-likeness (QED) is 0.299. The Labute approximate surface area is 240 Å². The molecule has 41 heavy (non-hydrogen) atoms. The van der Waals surface area contributed by atoms with Gasteiger partial charge in [0.05, 0.1) is 34.4 Å². The van der Waals surface area contributed by atoms with Crippen molar-refractivity contribution in [3.05, 3.63) is 66.7 Å². The van der Waals surface area contributed by atoms with Crippen molar-refractivity contribution in [2.45, 2.75) is 46.8 Å². The molecule has 0 aromatic heterocycles. The minimum Gasteiger partial charge on any atom is -0.491 e. The first kappa shape index (κ1) is 29.9. The lowest BCUT2D eigenvalue weighted by molar-refractivity contribution is -0.0312. The zero-order valence-electron chi connectivity index (χ0n) is 22.7. The molecule has 3 aromatic rings. The van der Waals surface area contributed by atoms with Crippen molar-refractivity contribution in [1.29, 1.82) is 0 Å². The second kappa shape index (κ2) is 12.3. The molecule has 3 N–H and O–H groups in total. The van der Waals surface area contributed by atoms with Crippen LogP contribution in [0.15, 0.2) is 76.5 Å². The van der Waals surface area contributed by atoms with Crippen molar-refractivity contribution in [3.8, 4) is 5.75 Å². The summed E-state index contributed by atoms with van der Waals surface area (Å²) in [4.78, 5) is 0.356. The first-order valence-electron chi connectivity index (χ1n) is 13.7. The molecule has 2 fully saturated rings. The van der Waals surface area contributed by atoms with Crippen LogP contribution < -0.4 is 10.1 Å². The topological polar surface area (TPSA) is 142 Å². The van der Waals surface area contributed by atoms with E-state index in [1.807, 2.05) is 30.3 Å². The number of rotatable bonds is 11. The zero-order chi connectivity index (χ0) is 29.1. The standard InChI is InChI=1S/C29H36N2O8S2/c32-14-15-40(34,35)27-7-3-6-26(17-27)38-21-25(33)19-30-24-18-29(39-20-24)10-12-31(13-11-29)41(36,37)28-9-8-22-4-1-2-5-23(22)16-28/h1-9,16-17,24-25,30,32-33H,10-15,18-21H2. The molecule has 5 rings (SSSR count). The highest BCUT2D eigenvalue weighted by Gasteiger charge is 2.44. The highest BCUT2D eigenvalue weighted by molar-refractivity contribution is 7.91. The predicted molar refractivity (Wildman–Crippen MR) is 154 cm³/mol. The van der Waals surface area contributed by atoms with E-state index in [1.54, 1.807) is 24.3 Å². The SMILES string of the molecule is O=S(=O)(CCO)c1cccc(OCC(O)CNC2COC3(CCN(S(=O)(=O)c4ccc5ccccc5c4)CC3)C2)c1. The number of aliphatic hydroxyl groups excluding tert-OH is 2. The van der Waals surface area contributed by atoms with E-state index >= 15 is 0 Å². The Morgan fingerprint density at radius 1 is 0.976 bits per heavy atom. The van der Waals surface area contributed by atoms with E-state index in [4.69, 9.17) is 14.6 Å². The smallest absolute Gasteiger partial charge is 0.243 e. The summed E-state index contributed by atoms with van der Waals surface area (Å²) >= 11 is 0. The van der Waals surface area contributed by atoms with E-state index in [9.17, 15) is 21.9 Å². The van der Waals surface area contributed by atoms with Gasteiger partial charge in [-0.2, -0.15) is 4.31 Å². The van der Waals surface area contributed by atoms with Crippen molar-refractivity contribution in [1.82, 2.24) is 9.62 Å². The minimum absolute atomic E-state index is 0.0141. The highest BCUT2D eigenvalue weighted by atomic mass is 32.2. The molecule has 0 amide bonds. The average Bonchev–Trinajstić information content (AvgIpc) is 3.37. The normalized spacial score (nSPS) is 20.4. The minimum atomic E-state index is -3.61. The molecule has 0 aliphatic carbocycles. The van der Waals surface area contributed by atoms with E-state index in [0.29, 0.717) is 43.2 Å². The molecule has 2 aliphatic rings. The van der Waals surface area contributed by atoms with E-state index in [0.717, 1.165) is 17.2 Å². The third-order valence-electron chi connectivity index (χ3n) is 7.81. The number of sulfone groups is 1. The van der Waals surface area contributed by atoms with Gasteiger partial charge in [-0.25, -0.2) is 16.8 Å². The summed E-state index contributed by atoms with van der Waals surface area (Å²) in [7, 11) is -7.20. The van der Waals surface area contributed by atoms with Crippen LogP contribution in [0, 0.1) is 0 Å². The number of aliphatic hydroxyl groups is 2. The summed E-state index contributed by atoms with van der Waals surface area (Å²) in [6, 6.07) is 18.9. The number of benzene rings is 3. The predicted octanol–water partition coefficient (Wildman–Crippen LogP) is 1.95. The van der Waals surface area contributed by atoms with Gasteiger partial charge in [-0.15, -0.1) is 0 Å². The van der Waals surface area contributed by atoms with E-state index in [-0.39, 0.29) is 29.8 Å². The Bertz CT molecular complexity index is 1570. The van der Waals surface area contributed by atoms with Crippen molar-refractivity contribution in [2.75, 3.05) is 45.2 Å². The Morgan fingerprint density at radius 3 is 2.49 bits per heavy atom. The first-order chi connectivity index (χ1) is 19.6. The van der Waals surface area contributed by atoms with Crippen molar-refractivity contribution in [3.63, 3.8) is 0 Å². The van der Waals surface area contributed by atoms with Gasteiger partial charge in [0.15, 0.2) is 9.84 Å². The van der Waals surface area contributed by atoms with Crippen LogP contribution in [0.25, 0.3) is 10.8 Å². The maximum Gasteiger partial charge on any atom is 0.243 e. The third-order valence-corrected chi connectivity index (χ3v) is 11.4. The number of sulfonamides is 1. The number of hydrogen-bond donors (Lipinski definition) is 3. The number of nitrogens with one attached hydrogen (secondary N) is 1. The molecule has 2 aliphatic heterocycles. The molecule has 0 radical (unpaired) electrons. The summed E-state index contributed by atoms with van der Waals surface area (Å²) in [6.45, 7) is 0.991. The molecule has 3 aromatic carbocycles. The van der Waals surface area contributed by atoms with E-state index < -0.39 is 38.2 Å². The summed E-state index contributed by atoms with van der Waals surface area (Å²) < 4.78 is 64.3. The molecule has 222 valence electrons. The molecular weight excluding hydrogens is 568 g/mol.